The molecule has 4 aromatic carbocycles. The molecule has 7 nitrogen and oxygen atoms in total. The normalized spacial score (nSPS) is 14.5. The molecule has 8 heteroatoms. The number of carboxylic acid groups (broad SMARTS) is 1. The Hall–Kier alpha value is -4.43. The van der Waals surface area contributed by atoms with Gasteiger partial charge in [0.25, 0.3) is 10.0 Å². The molecular formula is C32H30N2O5S. The Morgan fingerprint density at radius 3 is 2.25 bits per heavy atom. The topological polar surface area (TPSA) is 104 Å². The van der Waals surface area contributed by atoms with Gasteiger partial charge in [0.1, 0.15) is 6.04 Å². The molecule has 1 amide bonds. The van der Waals surface area contributed by atoms with Crippen LogP contribution in [0.15, 0.2) is 102 Å². The van der Waals surface area contributed by atoms with Crippen molar-refractivity contribution in [1.29, 1.82) is 0 Å². The van der Waals surface area contributed by atoms with Crippen LogP contribution in [0.25, 0.3) is 11.1 Å². The van der Waals surface area contributed by atoms with Crippen molar-refractivity contribution in [3.05, 3.63) is 119 Å². The summed E-state index contributed by atoms with van der Waals surface area (Å²) in [7, 11) is -4.04. The summed E-state index contributed by atoms with van der Waals surface area (Å²) >= 11 is 0. The molecule has 0 radical (unpaired) electrons. The molecule has 0 saturated heterocycles. The summed E-state index contributed by atoms with van der Waals surface area (Å²) in [4.78, 5) is 24.4. The zero-order chi connectivity index (χ0) is 28.3. The largest absolute Gasteiger partial charge is 0.481 e. The van der Waals surface area contributed by atoms with Crippen molar-refractivity contribution in [1.82, 2.24) is 5.32 Å². The van der Waals surface area contributed by atoms with E-state index in [1.807, 2.05) is 24.3 Å². The van der Waals surface area contributed by atoms with Crippen molar-refractivity contribution in [2.75, 3.05) is 4.31 Å². The number of sulfonamides is 1. The van der Waals surface area contributed by atoms with Crippen molar-refractivity contribution in [2.24, 2.45) is 0 Å². The first kappa shape index (κ1) is 27.1. The van der Waals surface area contributed by atoms with E-state index in [0.717, 1.165) is 28.7 Å². The molecule has 0 unspecified atom stereocenters. The fourth-order valence-corrected chi connectivity index (χ4v) is 6.66. The van der Waals surface area contributed by atoms with Crippen LogP contribution in [-0.4, -0.2) is 31.4 Å². The van der Waals surface area contributed by atoms with Gasteiger partial charge in [-0.25, -0.2) is 8.42 Å². The number of hydrogen-bond donors (Lipinski definition) is 2. The second-order valence-corrected chi connectivity index (χ2v) is 11.6. The standard InChI is InChI=1S/C32H30N2O5S/c1-2-22-6-5-8-26(18-22)25-14-16-28(17-15-25)40(38,39)34-29-9-4-3-7-27(29)20-30(34)32(37)33-21-24-12-10-23(11-13-24)19-31(35)36/h3-18,30H,2,19-21H2,1H3,(H,33,37)(H,35,36)/t30-/m0/s1. The van der Waals surface area contributed by atoms with Crippen LogP contribution in [0.1, 0.15) is 29.2 Å². The van der Waals surface area contributed by atoms with Crippen LogP contribution in [-0.2, 0) is 45.4 Å². The van der Waals surface area contributed by atoms with Crippen LogP contribution in [0.3, 0.4) is 0 Å². The summed E-state index contributed by atoms with van der Waals surface area (Å²) in [6, 6.07) is 28.1. The summed E-state index contributed by atoms with van der Waals surface area (Å²) in [5.41, 5.74) is 5.87. The van der Waals surface area contributed by atoms with Crippen LogP contribution in [0, 0.1) is 0 Å². The van der Waals surface area contributed by atoms with Crippen LogP contribution < -0.4 is 9.62 Å². The lowest BCUT2D eigenvalue weighted by Gasteiger charge is -2.26. The quantitative estimate of drug-likeness (QED) is 0.304. The molecule has 2 N–H and O–H groups in total. The van der Waals surface area contributed by atoms with Gasteiger partial charge in [0.05, 0.1) is 17.0 Å². The fraction of sp³-hybridized carbons (Fsp3) is 0.188. The number of carboxylic acids is 1. The zero-order valence-corrected chi connectivity index (χ0v) is 22.9. The van der Waals surface area contributed by atoms with Gasteiger partial charge < -0.3 is 10.4 Å². The van der Waals surface area contributed by atoms with Gasteiger partial charge in [-0.1, -0.05) is 85.8 Å². The van der Waals surface area contributed by atoms with Crippen LogP contribution in [0.2, 0.25) is 0 Å². The van der Waals surface area contributed by atoms with E-state index in [1.165, 1.54) is 9.87 Å². The van der Waals surface area contributed by atoms with Gasteiger partial charge in [-0.3, -0.25) is 13.9 Å². The number of carbonyl (C=O) groups is 2. The highest BCUT2D eigenvalue weighted by atomic mass is 32.2. The average molecular weight is 555 g/mol. The Bertz CT molecular complexity index is 1650. The SMILES string of the molecule is CCc1cccc(-c2ccc(S(=O)(=O)N3c4ccccc4C[C@H]3C(=O)NCc3ccc(CC(=O)O)cc3)cc2)c1. The molecule has 0 spiro atoms. The number of aliphatic carboxylic acids is 1. The summed E-state index contributed by atoms with van der Waals surface area (Å²) in [5, 5.41) is 11.8. The van der Waals surface area contributed by atoms with Crippen LogP contribution in [0.5, 0.6) is 0 Å². The Kier molecular flexibility index (Phi) is 7.71. The minimum absolute atomic E-state index is 0.0775. The van der Waals surface area contributed by atoms with Gasteiger partial charge in [-0.2, -0.15) is 0 Å². The van der Waals surface area contributed by atoms with E-state index in [1.54, 1.807) is 60.7 Å². The van der Waals surface area contributed by atoms with Gasteiger partial charge in [0, 0.05) is 13.0 Å². The molecule has 1 atom stereocenters. The number of para-hydroxylation sites is 1. The maximum Gasteiger partial charge on any atom is 0.307 e. The molecule has 0 aromatic heterocycles. The van der Waals surface area contributed by atoms with Crippen molar-refractivity contribution in [3.8, 4) is 11.1 Å². The van der Waals surface area contributed by atoms with Gasteiger partial charge >= 0.3 is 5.97 Å². The van der Waals surface area contributed by atoms with E-state index < -0.39 is 27.9 Å². The second kappa shape index (κ2) is 11.4. The fourth-order valence-electron chi connectivity index (χ4n) is 5.01. The lowest BCUT2D eigenvalue weighted by molar-refractivity contribution is -0.136. The van der Waals surface area contributed by atoms with Gasteiger partial charge in [0.15, 0.2) is 0 Å². The van der Waals surface area contributed by atoms with E-state index in [-0.39, 0.29) is 24.3 Å². The number of aryl methyl sites for hydroxylation is 1. The van der Waals surface area contributed by atoms with E-state index in [4.69, 9.17) is 5.11 Å². The smallest absolute Gasteiger partial charge is 0.307 e. The van der Waals surface area contributed by atoms with E-state index in [9.17, 15) is 18.0 Å². The third-order valence-electron chi connectivity index (χ3n) is 7.15. The Morgan fingerprint density at radius 2 is 1.55 bits per heavy atom. The maximum atomic E-state index is 14.0. The Morgan fingerprint density at radius 1 is 0.850 bits per heavy atom. The third-order valence-corrected chi connectivity index (χ3v) is 8.99. The summed E-state index contributed by atoms with van der Waals surface area (Å²) in [6.45, 7) is 2.28. The lowest BCUT2D eigenvalue weighted by Crippen LogP contribution is -2.47. The molecular weight excluding hydrogens is 524 g/mol. The first-order valence-corrected chi connectivity index (χ1v) is 14.6. The predicted molar refractivity (Wildman–Crippen MR) is 154 cm³/mol. The molecule has 5 rings (SSSR count). The lowest BCUT2D eigenvalue weighted by atomic mass is 10.0. The van der Waals surface area contributed by atoms with E-state index in [0.29, 0.717) is 11.3 Å². The molecule has 1 heterocycles. The Labute approximate surface area is 234 Å². The molecule has 0 saturated carbocycles. The van der Waals surface area contributed by atoms with Crippen molar-refractivity contribution in [3.63, 3.8) is 0 Å². The molecule has 0 aliphatic carbocycles. The van der Waals surface area contributed by atoms with Gasteiger partial charge in [-0.05, 0) is 58.0 Å². The minimum Gasteiger partial charge on any atom is -0.481 e. The van der Waals surface area contributed by atoms with E-state index >= 15 is 0 Å². The third kappa shape index (κ3) is 5.62. The van der Waals surface area contributed by atoms with Gasteiger partial charge in [0.2, 0.25) is 5.91 Å². The summed E-state index contributed by atoms with van der Waals surface area (Å²) in [5.74, 6) is -1.31. The molecule has 0 bridgehead atoms. The molecule has 1 aliphatic heterocycles. The van der Waals surface area contributed by atoms with Crippen molar-refractivity contribution >= 4 is 27.6 Å². The predicted octanol–water partition coefficient (Wildman–Crippen LogP) is 4.98. The molecule has 204 valence electrons. The highest BCUT2D eigenvalue weighted by Gasteiger charge is 2.42. The average Bonchev–Trinajstić information content (AvgIpc) is 3.37. The molecule has 0 fully saturated rings. The number of rotatable bonds is 9. The first-order chi connectivity index (χ1) is 19.3. The van der Waals surface area contributed by atoms with Crippen LogP contribution >= 0.6 is 0 Å². The number of fused-ring (bicyclic) bond motifs is 1. The number of amides is 1. The minimum atomic E-state index is -4.04. The first-order valence-electron chi connectivity index (χ1n) is 13.2. The van der Waals surface area contributed by atoms with Gasteiger partial charge in [-0.15, -0.1) is 0 Å². The highest BCUT2D eigenvalue weighted by Crippen LogP contribution is 2.37. The van der Waals surface area contributed by atoms with Crippen molar-refractivity contribution in [2.45, 2.75) is 43.7 Å². The number of benzene rings is 4. The number of nitrogens with zero attached hydrogens (tertiary/aromatic N) is 1. The highest BCUT2D eigenvalue weighted by molar-refractivity contribution is 7.93. The monoisotopic (exact) mass is 554 g/mol. The molecule has 1 aliphatic rings. The molecule has 40 heavy (non-hydrogen) atoms. The number of carbonyl (C=O) groups excluding carboxylic acids is 1. The number of nitrogens with one attached hydrogen (secondary N) is 1. The van der Waals surface area contributed by atoms with Crippen LogP contribution in [0.4, 0.5) is 5.69 Å². The second-order valence-electron chi connectivity index (χ2n) is 9.83. The van der Waals surface area contributed by atoms with Crippen molar-refractivity contribution < 1.29 is 23.1 Å². The maximum absolute atomic E-state index is 14.0. The van der Waals surface area contributed by atoms with E-state index in [2.05, 4.69) is 24.4 Å². The Balaban J connectivity index is 1.38. The zero-order valence-electron chi connectivity index (χ0n) is 22.1. The number of hydrogen-bond acceptors (Lipinski definition) is 4. The summed E-state index contributed by atoms with van der Waals surface area (Å²) < 4.78 is 29.2. The molecule has 4 aromatic rings. The number of anilines is 1. The summed E-state index contributed by atoms with van der Waals surface area (Å²) in [6.07, 6.45) is 1.10.